The van der Waals surface area contributed by atoms with Gasteiger partial charge in [-0.15, -0.1) is 0 Å². The molecule has 0 spiro atoms. The lowest BCUT2D eigenvalue weighted by atomic mass is 10.0. The molecule has 0 aliphatic rings. The van der Waals surface area contributed by atoms with Gasteiger partial charge in [0, 0.05) is 43.2 Å². The van der Waals surface area contributed by atoms with Crippen molar-refractivity contribution in [2.75, 3.05) is 6.61 Å². The number of hydrogen-bond acceptors (Lipinski definition) is 4. The van der Waals surface area contributed by atoms with Crippen LogP contribution in [-0.4, -0.2) is 27.4 Å². The summed E-state index contributed by atoms with van der Waals surface area (Å²) >= 11 is 0. The number of rotatable bonds is 7. The summed E-state index contributed by atoms with van der Waals surface area (Å²) in [6, 6.07) is 5.87. The molecule has 2 unspecified atom stereocenters. The molecular formula is C15H22N4O. The van der Waals surface area contributed by atoms with Crippen LogP contribution in [0, 0.1) is 0 Å². The standard InChI is InChI=1S/C15H22N4O/c1-3-14(16)15(12-10-18-19(2)11-12)20-9-7-13-6-4-5-8-17-13/h4-6,8,10-11,14-15H,3,7,9,16H2,1-2H3. The van der Waals surface area contributed by atoms with Crippen LogP contribution in [-0.2, 0) is 18.2 Å². The summed E-state index contributed by atoms with van der Waals surface area (Å²) in [4.78, 5) is 4.29. The highest BCUT2D eigenvalue weighted by Crippen LogP contribution is 2.21. The molecule has 0 bridgehead atoms. The van der Waals surface area contributed by atoms with Crippen molar-refractivity contribution >= 4 is 0 Å². The maximum Gasteiger partial charge on any atom is 0.101 e. The van der Waals surface area contributed by atoms with E-state index in [2.05, 4.69) is 17.0 Å². The zero-order valence-corrected chi connectivity index (χ0v) is 12.1. The Morgan fingerprint density at radius 3 is 2.85 bits per heavy atom. The molecule has 20 heavy (non-hydrogen) atoms. The van der Waals surface area contributed by atoms with Gasteiger partial charge in [-0.3, -0.25) is 9.67 Å². The van der Waals surface area contributed by atoms with E-state index < -0.39 is 0 Å². The summed E-state index contributed by atoms with van der Waals surface area (Å²) in [5.41, 5.74) is 8.22. The van der Waals surface area contributed by atoms with Crippen molar-refractivity contribution in [3.8, 4) is 0 Å². The van der Waals surface area contributed by atoms with Gasteiger partial charge in [-0.25, -0.2) is 0 Å². The van der Waals surface area contributed by atoms with Gasteiger partial charge in [0.2, 0.25) is 0 Å². The lowest BCUT2D eigenvalue weighted by molar-refractivity contribution is 0.0350. The Labute approximate surface area is 119 Å². The Balaban J connectivity index is 1.95. The topological polar surface area (TPSA) is 66.0 Å². The molecule has 108 valence electrons. The van der Waals surface area contributed by atoms with Gasteiger partial charge < -0.3 is 10.5 Å². The van der Waals surface area contributed by atoms with Crippen LogP contribution in [0.1, 0.15) is 30.7 Å². The minimum absolute atomic E-state index is 0.0251. The summed E-state index contributed by atoms with van der Waals surface area (Å²) in [5.74, 6) is 0. The van der Waals surface area contributed by atoms with Crippen LogP contribution < -0.4 is 5.73 Å². The second-order valence-electron chi connectivity index (χ2n) is 4.88. The van der Waals surface area contributed by atoms with E-state index in [0.717, 1.165) is 24.1 Å². The van der Waals surface area contributed by atoms with Gasteiger partial charge in [0.25, 0.3) is 0 Å². The zero-order valence-electron chi connectivity index (χ0n) is 12.1. The van der Waals surface area contributed by atoms with Crippen molar-refractivity contribution in [1.82, 2.24) is 14.8 Å². The van der Waals surface area contributed by atoms with Crippen LogP contribution in [0.4, 0.5) is 0 Å². The molecule has 2 rings (SSSR count). The third kappa shape index (κ3) is 3.88. The molecular weight excluding hydrogens is 252 g/mol. The van der Waals surface area contributed by atoms with Crippen molar-refractivity contribution in [2.45, 2.75) is 31.9 Å². The maximum atomic E-state index is 6.16. The summed E-state index contributed by atoms with van der Waals surface area (Å²) in [6.07, 6.45) is 7.11. The van der Waals surface area contributed by atoms with Crippen LogP contribution in [0.3, 0.4) is 0 Å². The van der Waals surface area contributed by atoms with E-state index in [1.807, 2.05) is 37.6 Å². The molecule has 0 radical (unpaired) electrons. The highest BCUT2D eigenvalue weighted by molar-refractivity contribution is 5.11. The highest BCUT2D eigenvalue weighted by atomic mass is 16.5. The molecule has 2 aromatic rings. The summed E-state index contributed by atoms with van der Waals surface area (Å²) in [7, 11) is 1.89. The number of pyridine rings is 1. The first-order valence-electron chi connectivity index (χ1n) is 6.96. The normalized spacial score (nSPS) is 14.2. The number of nitrogens with zero attached hydrogens (tertiary/aromatic N) is 3. The molecule has 0 fully saturated rings. The van der Waals surface area contributed by atoms with Crippen LogP contribution >= 0.6 is 0 Å². The van der Waals surface area contributed by atoms with Gasteiger partial charge in [0.1, 0.15) is 6.10 Å². The fourth-order valence-corrected chi connectivity index (χ4v) is 2.10. The number of hydrogen-bond donors (Lipinski definition) is 1. The molecule has 2 aromatic heterocycles. The van der Waals surface area contributed by atoms with E-state index in [0.29, 0.717) is 6.61 Å². The Bertz CT molecular complexity index is 512. The van der Waals surface area contributed by atoms with Crippen molar-refractivity contribution in [3.05, 3.63) is 48.0 Å². The molecule has 0 amide bonds. The SMILES string of the molecule is CCC(N)C(OCCc1ccccn1)c1cnn(C)c1. The van der Waals surface area contributed by atoms with Crippen molar-refractivity contribution in [3.63, 3.8) is 0 Å². The Morgan fingerprint density at radius 1 is 1.40 bits per heavy atom. The fraction of sp³-hybridized carbons (Fsp3) is 0.467. The molecule has 2 heterocycles. The fourth-order valence-electron chi connectivity index (χ4n) is 2.10. The molecule has 5 nitrogen and oxygen atoms in total. The van der Waals surface area contributed by atoms with Crippen LogP contribution in [0.15, 0.2) is 36.8 Å². The number of aryl methyl sites for hydroxylation is 1. The molecule has 0 aliphatic carbocycles. The number of aromatic nitrogens is 3. The quantitative estimate of drug-likeness (QED) is 0.837. The summed E-state index contributed by atoms with van der Waals surface area (Å²) in [5, 5.41) is 4.19. The monoisotopic (exact) mass is 274 g/mol. The smallest absolute Gasteiger partial charge is 0.101 e. The average molecular weight is 274 g/mol. The predicted octanol–water partition coefficient (Wildman–Crippen LogP) is 1.85. The second-order valence-corrected chi connectivity index (χ2v) is 4.88. The Morgan fingerprint density at radius 2 is 2.25 bits per heavy atom. The van der Waals surface area contributed by atoms with Gasteiger partial charge in [-0.05, 0) is 18.6 Å². The summed E-state index contributed by atoms with van der Waals surface area (Å²) in [6.45, 7) is 2.67. The molecule has 0 saturated carbocycles. The van der Waals surface area contributed by atoms with E-state index in [4.69, 9.17) is 10.5 Å². The molecule has 2 N–H and O–H groups in total. The van der Waals surface area contributed by atoms with E-state index in [1.165, 1.54) is 0 Å². The average Bonchev–Trinajstić information content (AvgIpc) is 2.90. The van der Waals surface area contributed by atoms with Gasteiger partial charge >= 0.3 is 0 Å². The Kier molecular flexibility index (Phi) is 5.26. The third-order valence-electron chi connectivity index (χ3n) is 3.30. The minimum atomic E-state index is -0.114. The number of nitrogens with two attached hydrogens (primary N) is 1. The van der Waals surface area contributed by atoms with Gasteiger partial charge in [0.05, 0.1) is 12.8 Å². The molecule has 0 aromatic carbocycles. The molecule has 2 atom stereocenters. The first-order chi connectivity index (χ1) is 9.70. The van der Waals surface area contributed by atoms with Crippen molar-refractivity contribution in [2.24, 2.45) is 12.8 Å². The second kappa shape index (κ2) is 7.17. The van der Waals surface area contributed by atoms with Crippen LogP contribution in [0.2, 0.25) is 0 Å². The van der Waals surface area contributed by atoms with E-state index in [-0.39, 0.29) is 12.1 Å². The van der Waals surface area contributed by atoms with Gasteiger partial charge in [-0.2, -0.15) is 5.10 Å². The Hall–Kier alpha value is -1.72. The number of ether oxygens (including phenoxy) is 1. The highest BCUT2D eigenvalue weighted by Gasteiger charge is 2.20. The lowest BCUT2D eigenvalue weighted by Crippen LogP contribution is -2.30. The van der Waals surface area contributed by atoms with Crippen LogP contribution in [0.5, 0.6) is 0 Å². The minimum Gasteiger partial charge on any atom is -0.371 e. The van der Waals surface area contributed by atoms with E-state index in [1.54, 1.807) is 10.9 Å². The molecule has 0 saturated heterocycles. The predicted molar refractivity (Wildman–Crippen MR) is 78.1 cm³/mol. The summed E-state index contributed by atoms with van der Waals surface area (Å²) < 4.78 is 7.75. The molecule has 5 heteroatoms. The zero-order chi connectivity index (χ0) is 14.4. The van der Waals surface area contributed by atoms with Gasteiger partial charge in [-0.1, -0.05) is 13.0 Å². The maximum absolute atomic E-state index is 6.16. The van der Waals surface area contributed by atoms with Crippen molar-refractivity contribution in [1.29, 1.82) is 0 Å². The van der Waals surface area contributed by atoms with Gasteiger partial charge in [0.15, 0.2) is 0 Å². The third-order valence-corrected chi connectivity index (χ3v) is 3.30. The van der Waals surface area contributed by atoms with E-state index >= 15 is 0 Å². The lowest BCUT2D eigenvalue weighted by Gasteiger charge is -2.22. The molecule has 0 aliphatic heterocycles. The largest absolute Gasteiger partial charge is 0.371 e. The van der Waals surface area contributed by atoms with Crippen molar-refractivity contribution < 1.29 is 4.74 Å². The first-order valence-corrected chi connectivity index (χ1v) is 6.96. The first kappa shape index (κ1) is 14.7. The van der Waals surface area contributed by atoms with E-state index in [9.17, 15) is 0 Å². The van der Waals surface area contributed by atoms with Crippen LogP contribution in [0.25, 0.3) is 0 Å².